The van der Waals surface area contributed by atoms with Crippen LogP contribution in [-0.4, -0.2) is 24.6 Å². The van der Waals surface area contributed by atoms with Crippen molar-refractivity contribution in [3.8, 4) is 0 Å². The molecule has 0 radical (unpaired) electrons. The van der Waals surface area contributed by atoms with Crippen LogP contribution in [0, 0.1) is 0 Å². The Morgan fingerprint density at radius 2 is 2.75 bits per heavy atom. The van der Waals surface area contributed by atoms with E-state index in [0.29, 0.717) is 12.6 Å². The number of halogens is 1. The summed E-state index contributed by atoms with van der Waals surface area (Å²) in [6, 6.07) is 0. The summed E-state index contributed by atoms with van der Waals surface area (Å²) in [5, 5.41) is 0. The summed E-state index contributed by atoms with van der Waals surface area (Å²) in [5.74, 6) is 1.33. The Labute approximate surface area is 53.7 Å². The van der Waals surface area contributed by atoms with Crippen LogP contribution in [0.25, 0.3) is 0 Å². The lowest BCUT2D eigenvalue weighted by Gasteiger charge is -2.01. The van der Waals surface area contributed by atoms with Gasteiger partial charge in [-0.2, -0.15) is 0 Å². The summed E-state index contributed by atoms with van der Waals surface area (Å²) in [7, 11) is 1.94. The molecule has 0 aromatic heterocycles. The van der Waals surface area contributed by atoms with Crippen molar-refractivity contribution in [1.29, 1.82) is 0 Å². The first-order valence-electron chi connectivity index (χ1n) is 2.42. The lowest BCUT2D eigenvalue weighted by atomic mass is 10.6. The van der Waals surface area contributed by atoms with E-state index in [2.05, 4.69) is 0 Å². The van der Waals surface area contributed by atoms with E-state index < -0.39 is 0 Å². The van der Waals surface area contributed by atoms with Crippen molar-refractivity contribution in [1.82, 2.24) is 4.90 Å². The number of rotatable bonds is 1. The molecule has 1 aliphatic rings. The highest BCUT2D eigenvalue weighted by Crippen LogP contribution is 2.08. The van der Waals surface area contributed by atoms with Gasteiger partial charge in [-0.3, -0.25) is 0 Å². The van der Waals surface area contributed by atoms with Crippen molar-refractivity contribution in [3.05, 3.63) is 12.0 Å². The third-order valence-electron chi connectivity index (χ3n) is 0.950. The summed E-state index contributed by atoms with van der Waals surface area (Å²) >= 11 is 5.45. The van der Waals surface area contributed by atoms with Crippen molar-refractivity contribution >= 4 is 11.6 Å². The Morgan fingerprint density at radius 1 is 2.00 bits per heavy atom. The monoisotopic (exact) mass is 133 g/mol. The van der Waals surface area contributed by atoms with Gasteiger partial charge in [0.15, 0.2) is 6.73 Å². The van der Waals surface area contributed by atoms with Gasteiger partial charge in [-0.15, -0.1) is 11.6 Å². The zero-order chi connectivity index (χ0) is 5.98. The lowest BCUT2D eigenvalue weighted by Crippen LogP contribution is -2.06. The van der Waals surface area contributed by atoms with Crippen molar-refractivity contribution in [2.75, 3.05) is 19.7 Å². The van der Waals surface area contributed by atoms with Crippen LogP contribution in [0.15, 0.2) is 12.0 Å². The number of hydrogen-bond donors (Lipinski definition) is 0. The van der Waals surface area contributed by atoms with Crippen LogP contribution in [-0.2, 0) is 4.74 Å². The predicted octanol–water partition coefficient (Wildman–Crippen LogP) is 0.986. The number of allylic oxidation sites excluding steroid dienone is 1. The Bertz CT molecular complexity index is 113. The molecule has 46 valence electrons. The fourth-order valence-electron chi connectivity index (χ4n) is 0.578. The molecule has 2 nitrogen and oxygen atoms in total. The number of ether oxygens (including phenoxy) is 1. The molecule has 0 atom stereocenters. The molecule has 0 N–H and O–H groups in total. The number of nitrogens with zero attached hydrogens (tertiary/aromatic N) is 1. The lowest BCUT2D eigenvalue weighted by molar-refractivity contribution is 0.171. The minimum absolute atomic E-state index is 0.477. The van der Waals surface area contributed by atoms with Crippen LogP contribution in [0.2, 0.25) is 0 Å². The fourth-order valence-corrected chi connectivity index (χ4v) is 0.724. The first kappa shape index (κ1) is 5.76. The summed E-state index contributed by atoms with van der Waals surface area (Å²) in [6.07, 6.45) is 1.90. The maximum absolute atomic E-state index is 5.45. The standard InChI is InChI=1S/C5H8ClNO/c1-7-3-5(2-6)8-4-7/h3H,2,4H2,1H3. The largest absolute Gasteiger partial charge is 0.475 e. The molecule has 8 heavy (non-hydrogen) atoms. The summed E-state index contributed by atoms with van der Waals surface area (Å²) in [4.78, 5) is 1.94. The van der Waals surface area contributed by atoms with E-state index in [0.717, 1.165) is 5.76 Å². The molecule has 0 aromatic rings. The summed E-state index contributed by atoms with van der Waals surface area (Å²) in [5.41, 5.74) is 0. The van der Waals surface area contributed by atoms with E-state index in [1.54, 1.807) is 0 Å². The highest BCUT2D eigenvalue weighted by Gasteiger charge is 2.06. The van der Waals surface area contributed by atoms with Gasteiger partial charge in [-0.25, -0.2) is 0 Å². The minimum atomic E-state index is 0.477. The molecule has 0 aromatic carbocycles. The van der Waals surface area contributed by atoms with Gasteiger partial charge in [0.05, 0.1) is 5.88 Å². The van der Waals surface area contributed by atoms with Crippen molar-refractivity contribution in [3.63, 3.8) is 0 Å². The molecular formula is C5H8ClNO. The normalized spacial score (nSPS) is 18.2. The molecule has 0 aliphatic carbocycles. The Balaban J connectivity index is 2.44. The van der Waals surface area contributed by atoms with Gasteiger partial charge in [0.25, 0.3) is 0 Å². The van der Waals surface area contributed by atoms with Gasteiger partial charge >= 0.3 is 0 Å². The molecule has 0 saturated carbocycles. The van der Waals surface area contributed by atoms with Crippen molar-refractivity contribution in [2.24, 2.45) is 0 Å². The zero-order valence-corrected chi connectivity index (χ0v) is 5.48. The molecule has 1 rings (SSSR count). The van der Waals surface area contributed by atoms with Crippen LogP contribution in [0.5, 0.6) is 0 Å². The van der Waals surface area contributed by atoms with Gasteiger partial charge in [0, 0.05) is 13.2 Å². The average Bonchev–Trinajstić information content (AvgIpc) is 2.14. The van der Waals surface area contributed by atoms with E-state index in [9.17, 15) is 0 Å². The van der Waals surface area contributed by atoms with Crippen molar-refractivity contribution in [2.45, 2.75) is 0 Å². The molecule has 1 aliphatic heterocycles. The molecule has 0 bridgehead atoms. The quantitative estimate of drug-likeness (QED) is 0.495. The molecule has 1 heterocycles. The first-order valence-corrected chi connectivity index (χ1v) is 2.96. The first-order chi connectivity index (χ1) is 3.83. The van der Waals surface area contributed by atoms with E-state index in [4.69, 9.17) is 16.3 Å². The average molecular weight is 134 g/mol. The van der Waals surface area contributed by atoms with Gasteiger partial charge < -0.3 is 9.64 Å². The smallest absolute Gasteiger partial charge is 0.160 e. The third kappa shape index (κ3) is 1.07. The van der Waals surface area contributed by atoms with Gasteiger partial charge in [0.1, 0.15) is 5.76 Å². The second-order valence-corrected chi connectivity index (χ2v) is 2.03. The second-order valence-electron chi connectivity index (χ2n) is 1.76. The van der Waals surface area contributed by atoms with E-state index in [1.807, 2.05) is 18.1 Å². The van der Waals surface area contributed by atoms with E-state index in [1.165, 1.54) is 0 Å². The van der Waals surface area contributed by atoms with Crippen LogP contribution in [0.3, 0.4) is 0 Å². The van der Waals surface area contributed by atoms with E-state index in [-0.39, 0.29) is 0 Å². The van der Waals surface area contributed by atoms with Crippen molar-refractivity contribution < 1.29 is 4.74 Å². The van der Waals surface area contributed by atoms with Crippen LogP contribution in [0.1, 0.15) is 0 Å². The predicted molar refractivity (Wildman–Crippen MR) is 32.5 cm³/mol. The third-order valence-corrected chi connectivity index (χ3v) is 1.21. The molecule has 0 saturated heterocycles. The molecule has 0 spiro atoms. The Hall–Kier alpha value is -0.370. The molecular weight excluding hydrogens is 126 g/mol. The molecule has 0 amide bonds. The van der Waals surface area contributed by atoms with Gasteiger partial charge in [-0.05, 0) is 0 Å². The Morgan fingerprint density at radius 3 is 3.00 bits per heavy atom. The Kier molecular flexibility index (Phi) is 1.63. The zero-order valence-electron chi connectivity index (χ0n) is 4.72. The van der Waals surface area contributed by atoms with Crippen LogP contribution in [0.4, 0.5) is 0 Å². The topological polar surface area (TPSA) is 12.5 Å². The second kappa shape index (κ2) is 2.27. The fraction of sp³-hybridized carbons (Fsp3) is 0.600. The maximum Gasteiger partial charge on any atom is 0.160 e. The molecule has 0 fully saturated rings. The SMILES string of the molecule is CN1C=C(CCl)OC1. The van der Waals surface area contributed by atoms with E-state index >= 15 is 0 Å². The van der Waals surface area contributed by atoms with Crippen LogP contribution >= 0.6 is 11.6 Å². The number of hydrogen-bond acceptors (Lipinski definition) is 2. The number of alkyl halides is 1. The maximum atomic E-state index is 5.45. The molecule has 3 heteroatoms. The molecule has 0 unspecified atom stereocenters. The minimum Gasteiger partial charge on any atom is -0.475 e. The summed E-state index contributed by atoms with van der Waals surface area (Å²) in [6.45, 7) is 0.641. The summed E-state index contributed by atoms with van der Waals surface area (Å²) < 4.78 is 5.07. The highest BCUT2D eigenvalue weighted by molar-refractivity contribution is 6.19. The van der Waals surface area contributed by atoms with Gasteiger partial charge in [-0.1, -0.05) is 0 Å². The van der Waals surface area contributed by atoms with Crippen LogP contribution < -0.4 is 0 Å². The van der Waals surface area contributed by atoms with Gasteiger partial charge in [0.2, 0.25) is 0 Å². The highest BCUT2D eigenvalue weighted by atomic mass is 35.5.